The molecule has 0 fully saturated rings. The van der Waals surface area contributed by atoms with Crippen LogP contribution in [0.5, 0.6) is 0 Å². The van der Waals surface area contributed by atoms with Gasteiger partial charge in [0.15, 0.2) is 6.02 Å². The maximum absolute atomic E-state index is 12.0. The monoisotopic (exact) mass is 469 g/mol. The lowest BCUT2D eigenvalue weighted by atomic mass is 10.2. The van der Waals surface area contributed by atoms with E-state index >= 15 is 0 Å². The van der Waals surface area contributed by atoms with Crippen LogP contribution in [0.15, 0.2) is 58.7 Å². The highest BCUT2D eigenvalue weighted by Crippen LogP contribution is 2.10. The molecule has 26 heavy (non-hydrogen) atoms. The SMILES string of the molecule is CCOC(=O)c1ccc(-[n+]2cc(/N=C(\[O-])n3cc[n+](C)c3)on2)cc1.[I-]. The zero-order valence-electron chi connectivity index (χ0n) is 14.1. The van der Waals surface area contributed by atoms with Crippen molar-refractivity contribution in [1.82, 2.24) is 9.84 Å². The molecule has 0 amide bonds. The van der Waals surface area contributed by atoms with Crippen LogP contribution in [0.4, 0.5) is 5.88 Å². The van der Waals surface area contributed by atoms with E-state index in [-0.39, 0.29) is 35.8 Å². The molecule has 0 aliphatic carbocycles. The van der Waals surface area contributed by atoms with Gasteiger partial charge in [-0.25, -0.2) is 9.36 Å². The van der Waals surface area contributed by atoms with Crippen molar-refractivity contribution in [2.24, 2.45) is 12.0 Å². The van der Waals surface area contributed by atoms with E-state index in [9.17, 15) is 9.90 Å². The number of halogens is 1. The first-order valence-corrected chi connectivity index (χ1v) is 7.52. The molecule has 9 nitrogen and oxygen atoms in total. The van der Waals surface area contributed by atoms with Gasteiger partial charge in [0.1, 0.15) is 12.4 Å². The molecule has 0 bridgehead atoms. The summed E-state index contributed by atoms with van der Waals surface area (Å²) in [6, 6.07) is 6.12. The Morgan fingerprint density at radius 1 is 1.38 bits per heavy atom. The highest BCUT2D eigenvalue weighted by molar-refractivity contribution is 5.89. The van der Waals surface area contributed by atoms with Gasteiger partial charge in [-0.2, -0.15) is 9.56 Å². The predicted octanol–water partition coefficient (Wildman–Crippen LogP) is -3.35. The largest absolute Gasteiger partial charge is 1.00 e. The van der Waals surface area contributed by atoms with Crippen LogP contribution in [0.1, 0.15) is 17.3 Å². The van der Waals surface area contributed by atoms with Gasteiger partial charge in [-0.3, -0.25) is 4.52 Å². The molecule has 0 saturated heterocycles. The van der Waals surface area contributed by atoms with Gasteiger partial charge in [-0.15, -0.1) is 0 Å². The fraction of sp³-hybridized carbons (Fsp3) is 0.188. The van der Waals surface area contributed by atoms with Crippen LogP contribution in [-0.2, 0) is 11.8 Å². The first kappa shape index (κ1) is 19.6. The van der Waals surface area contributed by atoms with Crippen molar-refractivity contribution in [3.05, 3.63) is 54.7 Å². The molecular formula is C16H16IN5O4. The minimum atomic E-state index is -0.499. The Morgan fingerprint density at radius 3 is 2.73 bits per heavy atom. The molecule has 0 spiro atoms. The first-order chi connectivity index (χ1) is 12.1. The number of rotatable bonds is 4. The summed E-state index contributed by atoms with van der Waals surface area (Å²) in [4.78, 5) is 15.5. The minimum Gasteiger partial charge on any atom is -1.00 e. The van der Waals surface area contributed by atoms with E-state index in [1.54, 1.807) is 61.5 Å². The molecule has 3 aromatic rings. The first-order valence-electron chi connectivity index (χ1n) is 7.52. The highest BCUT2D eigenvalue weighted by atomic mass is 127. The van der Waals surface area contributed by atoms with Gasteiger partial charge in [-0.05, 0) is 23.7 Å². The number of imidazole rings is 1. The Kier molecular flexibility index (Phi) is 6.44. The standard InChI is InChI=1S/C16H16N5O4.HI/c1-3-24-15(22)12-4-6-13(7-5-12)21-10-14(25-18-21)17-16(23)20-9-8-19(2)11-20;/h4-11H,3H2,1-2H3;1H/q+1;/p-1. The molecule has 0 saturated carbocycles. The summed E-state index contributed by atoms with van der Waals surface area (Å²) in [5.74, 6) is -0.323. The number of aromatic nitrogens is 4. The lowest BCUT2D eigenvalue weighted by Gasteiger charge is -2.01. The van der Waals surface area contributed by atoms with Crippen LogP contribution >= 0.6 is 0 Å². The number of aliphatic imine (C=N–C) groups is 1. The van der Waals surface area contributed by atoms with Crippen LogP contribution in [0.2, 0.25) is 0 Å². The van der Waals surface area contributed by atoms with Crippen molar-refractivity contribution in [1.29, 1.82) is 0 Å². The van der Waals surface area contributed by atoms with Crippen LogP contribution < -0.4 is 38.3 Å². The fourth-order valence-corrected chi connectivity index (χ4v) is 2.09. The second-order valence-corrected chi connectivity index (χ2v) is 5.13. The van der Waals surface area contributed by atoms with Gasteiger partial charge in [0, 0.05) is 12.1 Å². The van der Waals surface area contributed by atoms with Crippen molar-refractivity contribution in [2.45, 2.75) is 6.92 Å². The van der Waals surface area contributed by atoms with Crippen LogP contribution in [-0.4, -0.2) is 28.4 Å². The minimum absolute atomic E-state index is 0. The third-order valence-corrected chi connectivity index (χ3v) is 3.29. The molecule has 0 aliphatic heterocycles. The molecule has 0 aliphatic rings. The van der Waals surface area contributed by atoms with Crippen molar-refractivity contribution in [3.63, 3.8) is 0 Å². The number of carbonyl (C=O) groups is 1. The molecular weight excluding hydrogens is 453 g/mol. The molecule has 0 atom stereocenters. The van der Waals surface area contributed by atoms with Gasteiger partial charge >= 0.3 is 11.9 Å². The molecule has 2 aromatic heterocycles. The second kappa shape index (κ2) is 8.56. The summed E-state index contributed by atoms with van der Waals surface area (Å²) in [5, 5.41) is 15.8. The number of hydrogen-bond acceptors (Lipinski definition) is 6. The number of ether oxygens (including phenoxy) is 1. The molecule has 1 aromatic carbocycles. The van der Waals surface area contributed by atoms with Gasteiger partial charge in [0.25, 0.3) is 6.20 Å². The van der Waals surface area contributed by atoms with Crippen molar-refractivity contribution in [2.75, 3.05) is 6.61 Å². The number of esters is 1. The summed E-state index contributed by atoms with van der Waals surface area (Å²) in [6.07, 6.45) is 6.37. The van der Waals surface area contributed by atoms with Gasteiger partial charge in [0.2, 0.25) is 17.3 Å². The topological polar surface area (TPSA) is 100 Å². The lowest BCUT2D eigenvalue weighted by Crippen LogP contribution is -3.00. The van der Waals surface area contributed by atoms with E-state index in [0.29, 0.717) is 17.9 Å². The maximum Gasteiger partial charge on any atom is 0.338 e. The molecule has 0 N–H and O–H groups in total. The van der Waals surface area contributed by atoms with E-state index in [0.717, 1.165) is 0 Å². The van der Waals surface area contributed by atoms with E-state index in [4.69, 9.17) is 9.26 Å². The Bertz CT molecular complexity index is 917. The fourth-order valence-electron chi connectivity index (χ4n) is 2.09. The Morgan fingerprint density at radius 2 is 2.12 bits per heavy atom. The summed E-state index contributed by atoms with van der Waals surface area (Å²) >= 11 is 0. The molecule has 3 rings (SSSR count). The predicted molar refractivity (Wildman–Crippen MR) is 82.1 cm³/mol. The smallest absolute Gasteiger partial charge is 0.338 e. The van der Waals surface area contributed by atoms with E-state index in [1.807, 2.05) is 0 Å². The van der Waals surface area contributed by atoms with E-state index in [2.05, 4.69) is 10.3 Å². The lowest BCUT2D eigenvalue weighted by molar-refractivity contribution is -0.670. The van der Waals surface area contributed by atoms with Crippen LogP contribution in [0, 0.1) is 0 Å². The maximum atomic E-state index is 12.0. The third kappa shape index (κ3) is 4.45. The Hall–Kier alpha value is -2.76. The number of aryl methyl sites for hydroxylation is 1. The molecule has 0 radical (unpaired) electrons. The zero-order valence-corrected chi connectivity index (χ0v) is 16.2. The Balaban J connectivity index is 0.00000243. The second-order valence-electron chi connectivity index (χ2n) is 5.13. The third-order valence-electron chi connectivity index (χ3n) is 3.29. The molecule has 10 heteroatoms. The van der Waals surface area contributed by atoms with Gasteiger partial charge in [0.05, 0.1) is 19.2 Å². The number of hydrogen-bond donors (Lipinski definition) is 0. The average Bonchev–Trinajstić information content (AvgIpc) is 3.24. The summed E-state index contributed by atoms with van der Waals surface area (Å²) < 4.78 is 14.4. The molecule has 2 heterocycles. The number of carbonyl (C=O) groups excluding carboxylic acids is 1. The number of nitrogens with zero attached hydrogens (tertiary/aromatic N) is 5. The quantitative estimate of drug-likeness (QED) is 0.131. The normalized spacial score (nSPS) is 11.1. The Labute approximate surface area is 166 Å². The average molecular weight is 469 g/mol. The van der Waals surface area contributed by atoms with Crippen molar-refractivity contribution >= 4 is 17.9 Å². The van der Waals surface area contributed by atoms with Gasteiger partial charge in [-0.1, -0.05) is 0 Å². The van der Waals surface area contributed by atoms with Crippen molar-refractivity contribution in [3.8, 4) is 5.69 Å². The van der Waals surface area contributed by atoms with Gasteiger partial charge < -0.3 is 33.8 Å². The summed E-state index contributed by atoms with van der Waals surface area (Å²) in [5.41, 5.74) is 1.09. The zero-order chi connectivity index (χ0) is 17.8. The van der Waals surface area contributed by atoms with Crippen molar-refractivity contribution < 1.29 is 52.4 Å². The van der Waals surface area contributed by atoms with Crippen LogP contribution in [0.3, 0.4) is 0 Å². The molecule has 136 valence electrons. The molecule has 0 unspecified atom stereocenters. The van der Waals surface area contributed by atoms with Crippen LogP contribution in [0.25, 0.3) is 5.69 Å². The number of benzene rings is 1. The van der Waals surface area contributed by atoms with E-state index < -0.39 is 6.02 Å². The van der Waals surface area contributed by atoms with E-state index in [1.165, 1.54) is 15.4 Å². The summed E-state index contributed by atoms with van der Waals surface area (Å²) in [7, 11) is 1.80. The highest BCUT2D eigenvalue weighted by Gasteiger charge is 2.16. The summed E-state index contributed by atoms with van der Waals surface area (Å²) in [6.45, 7) is 2.06.